The molecule has 2 aromatic heterocycles. The minimum absolute atomic E-state index is 0.254. The van der Waals surface area contributed by atoms with Crippen LogP contribution in [0.3, 0.4) is 0 Å². The maximum absolute atomic E-state index is 13.5. The van der Waals surface area contributed by atoms with Gasteiger partial charge in [0.15, 0.2) is 17.1 Å². The third-order valence-electron chi connectivity index (χ3n) is 5.09. The molecule has 0 fully saturated rings. The Morgan fingerprint density at radius 3 is 2.19 bits per heavy atom. The number of nitrogens with zero attached hydrogens (tertiary/aromatic N) is 2. The maximum atomic E-state index is 13.5. The van der Waals surface area contributed by atoms with Gasteiger partial charge in [-0.3, -0.25) is 4.79 Å². The molecule has 0 aliphatic carbocycles. The monoisotopic (exact) mass is 437 g/mol. The van der Waals surface area contributed by atoms with Crippen molar-refractivity contribution in [1.82, 2.24) is 9.97 Å². The Morgan fingerprint density at radius 1 is 0.875 bits per heavy atom. The van der Waals surface area contributed by atoms with Crippen LogP contribution < -0.4 is 29.7 Å². The van der Waals surface area contributed by atoms with Gasteiger partial charge in [0, 0.05) is 37.5 Å². The number of fused-ring (bicyclic) bond motifs is 2. The van der Waals surface area contributed by atoms with Gasteiger partial charge in [0.05, 0.1) is 33.8 Å². The van der Waals surface area contributed by atoms with Crippen molar-refractivity contribution in [2.45, 2.75) is 6.42 Å². The van der Waals surface area contributed by atoms with Gasteiger partial charge in [0.25, 0.3) is 0 Å². The number of methoxy groups -OCH3 is 4. The summed E-state index contributed by atoms with van der Waals surface area (Å²) in [5.41, 5.74) is 0.953. The fraction of sp³-hybridized carbons (Fsp3) is 0.261. The molecular formula is C23H23N3O6. The van der Waals surface area contributed by atoms with Crippen molar-refractivity contribution in [1.29, 1.82) is 0 Å². The summed E-state index contributed by atoms with van der Waals surface area (Å²) in [7, 11) is 6.06. The third-order valence-corrected chi connectivity index (χ3v) is 5.09. The number of benzene rings is 2. The predicted molar refractivity (Wildman–Crippen MR) is 120 cm³/mol. The minimum atomic E-state index is -0.254. The average molecular weight is 437 g/mol. The van der Waals surface area contributed by atoms with E-state index in [4.69, 9.17) is 23.4 Å². The van der Waals surface area contributed by atoms with Crippen molar-refractivity contribution in [2.75, 3.05) is 40.3 Å². The van der Waals surface area contributed by atoms with E-state index in [0.717, 1.165) is 0 Å². The second kappa shape index (κ2) is 9.01. The highest BCUT2D eigenvalue weighted by Crippen LogP contribution is 2.41. The molecule has 2 aromatic carbocycles. The van der Waals surface area contributed by atoms with E-state index in [1.807, 2.05) is 0 Å². The van der Waals surface area contributed by atoms with E-state index in [0.29, 0.717) is 69.4 Å². The van der Waals surface area contributed by atoms with Crippen molar-refractivity contribution in [3.63, 3.8) is 0 Å². The first-order chi connectivity index (χ1) is 15.6. The molecule has 9 nitrogen and oxygen atoms in total. The van der Waals surface area contributed by atoms with Crippen LogP contribution in [0.5, 0.6) is 23.0 Å². The minimum Gasteiger partial charge on any atom is -0.496 e. The van der Waals surface area contributed by atoms with Gasteiger partial charge < -0.3 is 28.7 Å². The fourth-order valence-electron chi connectivity index (χ4n) is 3.54. The van der Waals surface area contributed by atoms with Crippen LogP contribution in [-0.2, 0) is 6.42 Å². The molecule has 0 aliphatic heterocycles. The summed E-state index contributed by atoms with van der Waals surface area (Å²) in [6, 6.07) is 6.65. The lowest BCUT2D eigenvalue weighted by Crippen LogP contribution is -2.11. The molecule has 0 atom stereocenters. The fourth-order valence-corrected chi connectivity index (χ4v) is 3.54. The normalized spacial score (nSPS) is 10.9. The summed E-state index contributed by atoms with van der Waals surface area (Å²) in [6.45, 7) is 0.496. The zero-order chi connectivity index (χ0) is 22.7. The van der Waals surface area contributed by atoms with Gasteiger partial charge in [-0.25, -0.2) is 9.97 Å². The molecule has 166 valence electrons. The van der Waals surface area contributed by atoms with Crippen molar-refractivity contribution in [2.24, 2.45) is 0 Å². The average Bonchev–Trinajstić information content (AvgIpc) is 2.84. The molecule has 4 aromatic rings. The van der Waals surface area contributed by atoms with Crippen LogP contribution >= 0.6 is 0 Å². The largest absolute Gasteiger partial charge is 0.496 e. The summed E-state index contributed by atoms with van der Waals surface area (Å²) < 4.78 is 27.9. The van der Waals surface area contributed by atoms with Crippen molar-refractivity contribution in [3.8, 4) is 23.0 Å². The van der Waals surface area contributed by atoms with Crippen LogP contribution in [0.1, 0.15) is 5.82 Å². The highest BCUT2D eigenvalue weighted by molar-refractivity contribution is 6.02. The number of rotatable bonds is 8. The lowest BCUT2D eigenvalue weighted by atomic mass is 10.1. The molecule has 32 heavy (non-hydrogen) atoms. The number of aromatic nitrogens is 2. The van der Waals surface area contributed by atoms with Crippen LogP contribution in [0.4, 0.5) is 5.69 Å². The molecule has 0 bridgehead atoms. The Balaban J connectivity index is 1.90. The van der Waals surface area contributed by atoms with Gasteiger partial charge in [-0.2, -0.15) is 0 Å². The highest BCUT2D eigenvalue weighted by atomic mass is 16.5. The molecule has 1 N–H and O–H groups in total. The van der Waals surface area contributed by atoms with Gasteiger partial charge in [-0.1, -0.05) is 0 Å². The van der Waals surface area contributed by atoms with Gasteiger partial charge in [0.2, 0.25) is 5.43 Å². The number of anilines is 1. The van der Waals surface area contributed by atoms with E-state index in [2.05, 4.69) is 15.3 Å². The van der Waals surface area contributed by atoms with E-state index in [1.165, 1.54) is 21.3 Å². The number of ether oxygens (including phenoxy) is 4. The van der Waals surface area contributed by atoms with Crippen molar-refractivity contribution in [3.05, 3.63) is 52.7 Å². The Hall–Kier alpha value is -4.01. The third kappa shape index (κ3) is 3.73. The Kier molecular flexibility index (Phi) is 5.98. The van der Waals surface area contributed by atoms with E-state index in [1.54, 1.807) is 43.8 Å². The van der Waals surface area contributed by atoms with Crippen LogP contribution in [0.15, 0.2) is 45.9 Å². The topological polar surface area (TPSA) is 105 Å². The predicted octanol–water partition coefficient (Wildman–Crippen LogP) is 3.43. The van der Waals surface area contributed by atoms with E-state index < -0.39 is 0 Å². The second-order valence-electron chi connectivity index (χ2n) is 6.84. The van der Waals surface area contributed by atoms with Crippen LogP contribution in [-0.4, -0.2) is 45.0 Å². The number of nitrogens with one attached hydrogen (secondary N) is 1. The Labute approximate surface area is 183 Å². The Morgan fingerprint density at radius 2 is 1.53 bits per heavy atom. The lowest BCUT2D eigenvalue weighted by Gasteiger charge is -2.16. The van der Waals surface area contributed by atoms with Crippen molar-refractivity contribution < 1.29 is 23.4 Å². The number of hydrogen-bond donors (Lipinski definition) is 1. The molecule has 0 spiro atoms. The SMILES string of the molecule is COc1cc2oc3c(NCCc4ncccn4)c(OC)cc(OC)c3c(=O)c2cc1OC. The van der Waals surface area contributed by atoms with Crippen LogP contribution in [0.25, 0.3) is 21.9 Å². The van der Waals surface area contributed by atoms with Crippen LogP contribution in [0, 0.1) is 0 Å². The lowest BCUT2D eigenvalue weighted by molar-refractivity contribution is 0.355. The van der Waals surface area contributed by atoms with Gasteiger partial charge in [-0.15, -0.1) is 0 Å². The first-order valence-corrected chi connectivity index (χ1v) is 9.88. The van der Waals surface area contributed by atoms with Crippen LogP contribution in [0.2, 0.25) is 0 Å². The van der Waals surface area contributed by atoms with E-state index >= 15 is 0 Å². The molecule has 0 saturated heterocycles. The number of hydrogen-bond acceptors (Lipinski definition) is 9. The molecule has 2 heterocycles. The molecule has 9 heteroatoms. The van der Waals surface area contributed by atoms with Gasteiger partial charge >= 0.3 is 0 Å². The zero-order valence-corrected chi connectivity index (χ0v) is 18.2. The highest BCUT2D eigenvalue weighted by Gasteiger charge is 2.22. The second-order valence-corrected chi connectivity index (χ2v) is 6.84. The summed E-state index contributed by atoms with van der Waals surface area (Å²) in [4.78, 5) is 21.9. The maximum Gasteiger partial charge on any atom is 0.204 e. The molecular weight excluding hydrogens is 414 g/mol. The quantitative estimate of drug-likeness (QED) is 0.415. The van der Waals surface area contributed by atoms with Gasteiger partial charge in [-0.05, 0) is 12.1 Å². The molecule has 0 amide bonds. The molecule has 0 unspecified atom stereocenters. The smallest absolute Gasteiger partial charge is 0.204 e. The molecule has 0 radical (unpaired) electrons. The molecule has 4 rings (SSSR count). The molecule has 0 aliphatic rings. The first kappa shape index (κ1) is 21.2. The molecule has 0 saturated carbocycles. The standard InChI is InChI=1S/C23H23N3O6/c1-28-15-10-13-14(11-16(15)29-2)32-23-20(22(13)27)17(30-3)12-18(31-4)21(23)26-9-6-19-24-7-5-8-25-19/h5,7-8,10-12,26H,6,9H2,1-4H3. The Bertz CT molecular complexity index is 1320. The van der Waals surface area contributed by atoms with E-state index in [-0.39, 0.29) is 5.43 Å². The van der Waals surface area contributed by atoms with E-state index in [9.17, 15) is 4.79 Å². The zero-order valence-electron chi connectivity index (χ0n) is 18.2. The van der Waals surface area contributed by atoms with Crippen molar-refractivity contribution >= 4 is 27.6 Å². The summed E-state index contributed by atoms with van der Waals surface area (Å²) in [5.74, 6) is 2.40. The summed E-state index contributed by atoms with van der Waals surface area (Å²) >= 11 is 0. The first-order valence-electron chi connectivity index (χ1n) is 9.88. The summed E-state index contributed by atoms with van der Waals surface area (Å²) in [6.07, 6.45) is 3.96. The summed E-state index contributed by atoms with van der Waals surface area (Å²) in [5, 5.41) is 3.95. The van der Waals surface area contributed by atoms with Gasteiger partial charge in [0.1, 0.15) is 34.0 Å².